The van der Waals surface area contributed by atoms with Crippen molar-refractivity contribution in [2.45, 2.75) is 25.4 Å². The smallest absolute Gasteiger partial charge is 0.127 e. The van der Waals surface area contributed by atoms with Crippen LogP contribution < -0.4 is 10.6 Å². The molecule has 2 aromatic carbocycles. The summed E-state index contributed by atoms with van der Waals surface area (Å²) in [6.07, 6.45) is 5.34. The van der Waals surface area contributed by atoms with Crippen LogP contribution >= 0.6 is 0 Å². The van der Waals surface area contributed by atoms with Gasteiger partial charge in [0, 0.05) is 17.6 Å². The van der Waals surface area contributed by atoms with E-state index in [2.05, 4.69) is 17.2 Å². The molecule has 1 unspecified atom stereocenters. The molecule has 1 aliphatic heterocycles. The van der Waals surface area contributed by atoms with Crippen molar-refractivity contribution in [3.8, 4) is 5.75 Å². The first-order chi connectivity index (χ1) is 10.4. The topological polar surface area (TPSA) is 56.8 Å². The minimum Gasteiger partial charge on any atom is -0.490 e. The molecule has 1 aliphatic rings. The zero-order valence-electron chi connectivity index (χ0n) is 12.0. The van der Waals surface area contributed by atoms with Gasteiger partial charge in [0.15, 0.2) is 0 Å². The Labute approximate surface area is 124 Å². The maximum Gasteiger partial charge on any atom is 0.127 e. The second kappa shape index (κ2) is 6.59. The van der Waals surface area contributed by atoms with Gasteiger partial charge >= 0.3 is 0 Å². The van der Waals surface area contributed by atoms with Gasteiger partial charge in [-0.2, -0.15) is 5.10 Å². The molecule has 110 valence electrons. The predicted molar refractivity (Wildman–Crippen MR) is 84.8 cm³/mol. The van der Waals surface area contributed by atoms with Crippen molar-refractivity contribution in [3.63, 3.8) is 0 Å². The summed E-state index contributed by atoms with van der Waals surface area (Å²) in [5.74, 6) is 6.15. The lowest BCUT2D eigenvalue weighted by molar-refractivity contribution is -0.0107. The van der Waals surface area contributed by atoms with Crippen LogP contribution in [-0.4, -0.2) is 25.5 Å². The Morgan fingerprint density at radius 1 is 1.19 bits per heavy atom. The van der Waals surface area contributed by atoms with E-state index < -0.39 is 0 Å². The van der Waals surface area contributed by atoms with Crippen molar-refractivity contribution in [2.24, 2.45) is 10.9 Å². The second-order valence-corrected chi connectivity index (χ2v) is 5.28. The monoisotopic (exact) mass is 284 g/mol. The molecule has 21 heavy (non-hydrogen) atoms. The number of hydrogen-bond donors (Lipinski definition) is 1. The molecule has 0 spiro atoms. The highest BCUT2D eigenvalue weighted by Crippen LogP contribution is 2.28. The lowest BCUT2D eigenvalue weighted by Gasteiger charge is -2.23. The molecule has 1 fully saturated rings. The minimum atomic E-state index is 0.211. The van der Waals surface area contributed by atoms with Crippen LogP contribution in [0.4, 0.5) is 0 Å². The number of hydrazone groups is 1. The molecule has 4 heteroatoms. The number of fused-ring (bicyclic) bond motifs is 1. The summed E-state index contributed by atoms with van der Waals surface area (Å²) in [6.45, 7) is 1.45. The van der Waals surface area contributed by atoms with Crippen molar-refractivity contribution >= 4 is 17.0 Å². The van der Waals surface area contributed by atoms with E-state index in [0.29, 0.717) is 6.61 Å². The van der Waals surface area contributed by atoms with Gasteiger partial charge in [-0.15, -0.1) is 0 Å². The summed E-state index contributed by atoms with van der Waals surface area (Å²) in [5.41, 5.74) is 0.995. The zero-order valence-corrected chi connectivity index (χ0v) is 12.0. The first kappa shape index (κ1) is 13.9. The van der Waals surface area contributed by atoms with E-state index in [1.165, 1.54) is 6.42 Å². The molecule has 1 saturated heterocycles. The standard InChI is InChI=1S/C17H20N2O2/c18-19-11-13-8-9-17(16-7-2-1-6-15(13)16)21-12-14-5-3-4-10-20-14/h1-2,6-9,11,14H,3-5,10,12,18H2. The first-order valence-electron chi connectivity index (χ1n) is 7.38. The van der Waals surface area contributed by atoms with E-state index in [0.717, 1.165) is 41.5 Å². The zero-order chi connectivity index (χ0) is 14.5. The quantitative estimate of drug-likeness (QED) is 0.533. The highest BCUT2D eigenvalue weighted by Gasteiger charge is 2.15. The Hall–Kier alpha value is -2.07. The molecule has 1 heterocycles. The van der Waals surface area contributed by atoms with Crippen molar-refractivity contribution in [2.75, 3.05) is 13.2 Å². The lowest BCUT2D eigenvalue weighted by atomic mass is 10.0. The highest BCUT2D eigenvalue weighted by molar-refractivity contribution is 6.02. The van der Waals surface area contributed by atoms with Crippen LogP contribution in [0.1, 0.15) is 24.8 Å². The van der Waals surface area contributed by atoms with Crippen LogP contribution in [0.15, 0.2) is 41.5 Å². The van der Waals surface area contributed by atoms with Gasteiger partial charge in [-0.05, 0) is 36.8 Å². The maximum atomic E-state index is 5.99. The summed E-state index contributed by atoms with van der Waals surface area (Å²) in [5, 5.41) is 5.79. The average molecular weight is 284 g/mol. The van der Waals surface area contributed by atoms with Crippen molar-refractivity contribution in [3.05, 3.63) is 42.0 Å². The van der Waals surface area contributed by atoms with E-state index >= 15 is 0 Å². The Bertz CT molecular complexity index is 634. The Kier molecular flexibility index (Phi) is 4.36. The molecule has 0 amide bonds. The van der Waals surface area contributed by atoms with E-state index in [-0.39, 0.29) is 6.10 Å². The molecule has 0 radical (unpaired) electrons. The summed E-state index contributed by atoms with van der Waals surface area (Å²) in [6, 6.07) is 12.1. The molecule has 1 atom stereocenters. The Morgan fingerprint density at radius 3 is 2.81 bits per heavy atom. The Morgan fingerprint density at radius 2 is 2.05 bits per heavy atom. The molecule has 0 bridgehead atoms. The van der Waals surface area contributed by atoms with Gasteiger partial charge in [-0.25, -0.2) is 0 Å². The summed E-state index contributed by atoms with van der Waals surface area (Å²) >= 11 is 0. The molecule has 0 aliphatic carbocycles. The second-order valence-electron chi connectivity index (χ2n) is 5.28. The van der Waals surface area contributed by atoms with Crippen molar-refractivity contribution in [1.82, 2.24) is 0 Å². The van der Waals surface area contributed by atoms with Crippen LogP contribution in [0.2, 0.25) is 0 Å². The summed E-state index contributed by atoms with van der Waals surface area (Å²) < 4.78 is 11.7. The molecule has 2 aromatic rings. The number of nitrogens with two attached hydrogens (primary N) is 1. The van der Waals surface area contributed by atoms with Gasteiger partial charge in [-0.3, -0.25) is 0 Å². The number of ether oxygens (including phenoxy) is 2. The average Bonchev–Trinajstić information content (AvgIpc) is 2.55. The third kappa shape index (κ3) is 3.16. The van der Waals surface area contributed by atoms with Gasteiger partial charge in [0.25, 0.3) is 0 Å². The fourth-order valence-electron chi connectivity index (χ4n) is 2.74. The van der Waals surface area contributed by atoms with Crippen LogP contribution in [0.5, 0.6) is 5.75 Å². The summed E-state index contributed by atoms with van der Waals surface area (Å²) in [7, 11) is 0. The van der Waals surface area contributed by atoms with Gasteiger partial charge in [0.1, 0.15) is 12.4 Å². The first-order valence-corrected chi connectivity index (χ1v) is 7.38. The van der Waals surface area contributed by atoms with Crippen LogP contribution in [-0.2, 0) is 4.74 Å². The van der Waals surface area contributed by atoms with Gasteiger partial charge in [0.05, 0.1) is 12.3 Å². The number of benzene rings is 2. The van der Waals surface area contributed by atoms with E-state index in [1.54, 1.807) is 6.21 Å². The predicted octanol–water partition coefficient (Wildman–Crippen LogP) is 3.08. The Balaban J connectivity index is 1.83. The highest BCUT2D eigenvalue weighted by atomic mass is 16.5. The van der Waals surface area contributed by atoms with Crippen LogP contribution in [0, 0.1) is 0 Å². The van der Waals surface area contributed by atoms with Gasteiger partial charge in [0.2, 0.25) is 0 Å². The molecule has 2 N–H and O–H groups in total. The molecular weight excluding hydrogens is 264 g/mol. The van der Waals surface area contributed by atoms with Gasteiger partial charge in [-0.1, -0.05) is 24.3 Å². The number of nitrogens with zero attached hydrogens (tertiary/aromatic N) is 1. The maximum absolute atomic E-state index is 5.99. The minimum absolute atomic E-state index is 0.211. The van der Waals surface area contributed by atoms with Crippen molar-refractivity contribution < 1.29 is 9.47 Å². The van der Waals surface area contributed by atoms with E-state index in [4.69, 9.17) is 15.3 Å². The molecule has 3 rings (SSSR count). The van der Waals surface area contributed by atoms with Crippen LogP contribution in [0.25, 0.3) is 10.8 Å². The van der Waals surface area contributed by atoms with E-state index in [9.17, 15) is 0 Å². The number of hydrogen-bond acceptors (Lipinski definition) is 4. The largest absolute Gasteiger partial charge is 0.490 e. The van der Waals surface area contributed by atoms with Crippen molar-refractivity contribution in [1.29, 1.82) is 0 Å². The van der Waals surface area contributed by atoms with Crippen LogP contribution in [0.3, 0.4) is 0 Å². The fraction of sp³-hybridized carbons (Fsp3) is 0.353. The third-order valence-electron chi connectivity index (χ3n) is 3.83. The lowest BCUT2D eigenvalue weighted by Crippen LogP contribution is -2.25. The molecule has 0 aromatic heterocycles. The third-order valence-corrected chi connectivity index (χ3v) is 3.83. The molecule has 4 nitrogen and oxygen atoms in total. The normalized spacial score (nSPS) is 19.1. The summed E-state index contributed by atoms with van der Waals surface area (Å²) in [4.78, 5) is 0. The van der Waals surface area contributed by atoms with E-state index in [1.807, 2.05) is 24.3 Å². The number of rotatable bonds is 4. The SMILES string of the molecule is NN=Cc1ccc(OCC2CCCCO2)c2ccccc12. The fourth-order valence-corrected chi connectivity index (χ4v) is 2.74. The van der Waals surface area contributed by atoms with Gasteiger partial charge < -0.3 is 15.3 Å². The molecule has 0 saturated carbocycles. The molecular formula is C17H20N2O2.